The highest BCUT2D eigenvalue weighted by atomic mass is 19.4. The summed E-state index contributed by atoms with van der Waals surface area (Å²) in [5.41, 5.74) is 5.49. The van der Waals surface area contributed by atoms with E-state index in [0.29, 0.717) is 5.46 Å². The van der Waals surface area contributed by atoms with Crippen LogP contribution >= 0.6 is 0 Å². The van der Waals surface area contributed by atoms with Crippen molar-refractivity contribution in [2.75, 3.05) is 12.3 Å². The van der Waals surface area contributed by atoms with Gasteiger partial charge in [-0.1, -0.05) is 6.07 Å². The number of rotatable bonds is 3. The molecule has 0 atom stereocenters. The van der Waals surface area contributed by atoms with Crippen molar-refractivity contribution in [3.8, 4) is 5.75 Å². The maximum Gasteiger partial charge on any atom is 0.494 e. The van der Waals surface area contributed by atoms with Crippen molar-refractivity contribution in [3.05, 3.63) is 18.2 Å². The first-order valence-corrected chi connectivity index (χ1v) is 6.86. The SMILES string of the molecule is CC1(C)OB(c2ccc(OCC(F)(F)F)c(N)c2)OC1(C)C. The summed E-state index contributed by atoms with van der Waals surface area (Å²) in [5.74, 6) is -0.0161. The summed E-state index contributed by atoms with van der Waals surface area (Å²) in [6.45, 7) is 6.27. The van der Waals surface area contributed by atoms with Crippen molar-refractivity contribution < 1.29 is 27.2 Å². The molecule has 0 saturated carbocycles. The number of halogens is 3. The topological polar surface area (TPSA) is 53.7 Å². The van der Waals surface area contributed by atoms with Gasteiger partial charge in [0.1, 0.15) is 5.75 Å². The van der Waals surface area contributed by atoms with Crippen molar-refractivity contribution in [3.63, 3.8) is 0 Å². The molecule has 0 aromatic heterocycles. The van der Waals surface area contributed by atoms with Gasteiger partial charge in [0, 0.05) is 0 Å². The van der Waals surface area contributed by atoms with Crippen LogP contribution in [0.1, 0.15) is 27.7 Å². The Kier molecular flexibility index (Phi) is 4.12. The van der Waals surface area contributed by atoms with Gasteiger partial charge in [-0.3, -0.25) is 0 Å². The molecule has 4 nitrogen and oxygen atoms in total. The lowest BCUT2D eigenvalue weighted by atomic mass is 9.79. The molecule has 0 radical (unpaired) electrons. The third-order valence-electron chi connectivity index (χ3n) is 3.95. The van der Waals surface area contributed by atoms with Gasteiger partial charge in [-0.05, 0) is 45.3 Å². The van der Waals surface area contributed by atoms with Crippen LogP contribution in [0.5, 0.6) is 5.75 Å². The van der Waals surface area contributed by atoms with Gasteiger partial charge in [-0.25, -0.2) is 0 Å². The van der Waals surface area contributed by atoms with Crippen LogP contribution < -0.4 is 15.9 Å². The highest BCUT2D eigenvalue weighted by Crippen LogP contribution is 2.36. The van der Waals surface area contributed by atoms with Gasteiger partial charge in [-0.15, -0.1) is 0 Å². The number of hydrogen-bond donors (Lipinski definition) is 1. The summed E-state index contributed by atoms with van der Waals surface area (Å²) in [4.78, 5) is 0. The molecule has 0 unspecified atom stereocenters. The summed E-state index contributed by atoms with van der Waals surface area (Å²) in [6, 6.07) is 4.49. The molecule has 1 aromatic rings. The summed E-state index contributed by atoms with van der Waals surface area (Å²) >= 11 is 0. The average Bonchev–Trinajstić information content (AvgIpc) is 2.56. The van der Waals surface area contributed by atoms with Crippen molar-refractivity contribution >= 4 is 18.3 Å². The minimum atomic E-state index is -4.41. The fourth-order valence-electron chi connectivity index (χ4n) is 1.98. The highest BCUT2D eigenvalue weighted by Gasteiger charge is 2.51. The van der Waals surface area contributed by atoms with Crippen LogP contribution in [0.4, 0.5) is 18.9 Å². The molecule has 1 aliphatic heterocycles. The minimum Gasteiger partial charge on any atom is -0.482 e. The number of benzene rings is 1. The van der Waals surface area contributed by atoms with E-state index in [2.05, 4.69) is 4.74 Å². The number of nitrogen functional groups attached to an aromatic ring is 1. The van der Waals surface area contributed by atoms with E-state index < -0.39 is 31.1 Å². The fraction of sp³-hybridized carbons (Fsp3) is 0.571. The van der Waals surface area contributed by atoms with Crippen LogP contribution in [0.15, 0.2) is 18.2 Å². The lowest BCUT2D eigenvalue weighted by Crippen LogP contribution is -2.41. The number of hydrogen-bond acceptors (Lipinski definition) is 4. The molecule has 122 valence electrons. The van der Waals surface area contributed by atoms with E-state index in [1.165, 1.54) is 12.1 Å². The number of ether oxygens (including phenoxy) is 1. The Morgan fingerprint density at radius 2 is 1.68 bits per heavy atom. The number of anilines is 1. The first kappa shape index (κ1) is 17.0. The Morgan fingerprint density at radius 1 is 1.14 bits per heavy atom. The van der Waals surface area contributed by atoms with Gasteiger partial charge < -0.3 is 19.8 Å². The zero-order chi connectivity index (χ0) is 16.8. The van der Waals surface area contributed by atoms with Gasteiger partial charge >= 0.3 is 13.3 Å². The van der Waals surface area contributed by atoms with Gasteiger partial charge in [0.2, 0.25) is 0 Å². The summed E-state index contributed by atoms with van der Waals surface area (Å²) in [7, 11) is -0.621. The van der Waals surface area contributed by atoms with Crippen molar-refractivity contribution in [2.24, 2.45) is 0 Å². The highest BCUT2D eigenvalue weighted by molar-refractivity contribution is 6.62. The first-order valence-electron chi connectivity index (χ1n) is 6.86. The van der Waals surface area contributed by atoms with E-state index in [0.717, 1.165) is 0 Å². The summed E-state index contributed by atoms with van der Waals surface area (Å²) < 4.78 is 52.9. The molecule has 0 aliphatic carbocycles. The van der Waals surface area contributed by atoms with Crippen LogP contribution in [-0.2, 0) is 9.31 Å². The molecule has 8 heteroatoms. The van der Waals surface area contributed by atoms with Crippen LogP contribution in [0.2, 0.25) is 0 Å². The number of nitrogens with two attached hydrogens (primary N) is 1. The van der Waals surface area contributed by atoms with Gasteiger partial charge in [0.25, 0.3) is 0 Å². The maximum atomic E-state index is 12.2. The quantitative estimate of drug-likeness (QED) is 0.687. The normalized spacial score (nSPS) is 20.2. The predicted molar refractivity (Wildman–Crippen MR) is 78.1 cm³/mol. The first-order chi connectivity index (χ1) is 9.91. The van der Waals surface area contributed by atoms with Gasteiger partial charge in [-0.2, -0.15) is 13.2 Å². The molecule has 1 fully saturated rings. The zero-order valence-corrected chi connectivity index (χ0v) is 13.0. The monoisotopic (exact) mass is 317 g/mol. The van der Waals surface area contributed by atoms with E-state index in [1.807, 2.05) is 27.7 Å². The second-order valence-electron chi connectivity index (χ2n) is 6.29. The molecular weight excluding hydrogens is 298 g/mol. The molecule has 2 N–H and O–H groups in total. The molecule has 1 aromatic carbocycles. The van der Waals surface area contributed by atoms with Gasteiger partial charge in [0.05, 0.1) is 16.9 Å². The summed E-state index contributed by atoms with van der Waals surface area (Å²) in [6.07, 6.45) is -4.41. The molecular formula is C14H19BF3NO3. The smallest absolute Gasteiger partial charge is 0.482 e. The van der Waals surface area contributed by atoms with Gasteiger partial charge in [0.15, 0.2) is 6.61 Å². The molecule has 22 heavy (non-hydrogen) atoms. The van der Waals surface area contributed by atoms with E-state index in [-0.39, 0.29) is 11.4 Å². The number of alkyl halides is 3. The lowest BCUT2D eigenvalue weighted by molar-refractivity contribution is -0.153. The summed E-state index contributed by atoms with van der Waals surface area (Å²) in [5, 5.41) is 0. The van der Waals surface area contributed by atoms with E-state index >= 15 is 0 Å². The molecule has 2 rings (SSSR count). The third-order valence-corrected chi connectivity index (χ3v) is 3.95. The van der Waals surface area contributed by atoms with E-state index in [9.17, 15) is 13.2 Å². The fourth-order valence-corrected chi connectivity index (χ4v) is 1.98. The van der Waals surface area contributed by atoms with Crippen molar-refractivity contribution in [1.82, 2.24) is 0 Å². The third kappa shape index (κ3) is 3.49. The Labute approximate surface area is 127 Å². The molecule has 1 saturated heterocycles. The molecule has 1 heterocycles. The predicted octanol–water partition coefficient (Wildman–Crippen LogP) is 2.51. The van der Waals surface area contributed by atoms with Crippen molar-refractivity contribution in [2.45, 2.75) is 45.1 Å². The maximum absolute atomic E-state index is 12.2. The lowest BCUT2D eigenvalue weighted by Gasteiger charge is -2.32. The average molecular weight is 317 g/mol. The second kappa shape index (κ2) is 5.35. The van der Waals surface area contributed by atoms with E-state index in [4.69, 9.17) is 15.0 Å². The van der Waals surface area contributed by atoms with Crippen LogP contribution in [0.3, 0.4) is 0 Å². The Morgan fingerprint density at radius 3 is 2.14 bits per heavy atom. The second-order valence-corrected chi connectivity index (χ2v) is 6.29. The molecule has 0 bridgehead atoms. The minimum absolute atomic E-state index is 0.0161. The zero-order valence-electron chi connectivity index (χ0n) is 13.0. The van der Waals surface area contributed by atoms with Crippen LogP contribution in [0, 0.1) is 0 Å². The Balaban J connectivity index is 2.14. The Hall–Kier alpha value is -1.41. The van der Waals surface area contributed by atoms with Crippen molar-refractivity contribution in [1.29, 1.82) is 0 Å². The Bertz CT molecular complexity index is 545. The van der Waals surface area contributed by atoms with Crippen LogP contribution in [-0.4, -0.2) is 31.1 Å². The largest absolute Gasteiger partial charge is 0.494 e. The van der Waals surface area contributed by atoms with E-state index in [1.54, 1.807) is 6.07 Å². The molecule has 1 aliphatic rings. The standard InChI is InChI=1S/C14H19BF3NO3/c1-12(2)13(3,4)22-15(21-12)9-5-6-11(10(19)7-9)20-8-14(16,17)18/h5-7H,8,19H2,1-4H3. The molecule has 0 spiro atoms. The molecule has 0 amide bonds. The van der Waals surface area contributed by atoms with Crippen LogP contribution in [0.25, 0.3) is 0 Å².